The van der Waals surface area contributed by atoms with Gasteiger partial charge in [-0.05, 0) is 67.8 Å². The molecule has 1 aromatic rings. The van der Waals surface area contributed by atoms with Crippen molar-refractivity contribution in [3.05, 3.63) is 35.1 Å². The fourth-order valence-electron chi connectivity index (χ4n) is 3.71. The monoisotopic (exact) mass is 276 g/mol. The van der Waals surface area contributed by atoms with Gasteiger partial charge in [-0.15, -0.1) is 0 Å². The zero-order chi connectivity index (χ0) is 13.9. The van der Waals surface area contributed by atoms with Crippen LogP contribution in [0.2, 0.25) is 0 Å². The quantitative estimate of drug-likeness (QED) is 0.891. The topological polar surface area (TPSA) is 38.0 Å². The summed E-state index contributed by atoms with van der Waals surface area (Å²) in [6, 6.07) is 6.13. The predicted molar refractivity (Wildman–Crippen MR) is 80.1 cm³/mol. The third-order valence-corrected chi connectivity index (χ3v) is 5.03. The zero-order valence-corrected chi connectivity index (χ0v) is 12.1. The minimum Gasteiger partial charge on any atom is -0.327 e. The van der Waals surface area contributed by atoms with Gasteiger partial charge in [0.2, 0.25) is 0 Å². The minimum absolute atomic E-state index is 0.108. The van der Waals surface area contributed by atoms with Gasteiger partial charge >= 0.3 is 0 Å². The Morgan fingerprint density at radius 2 is 2.00 bits per heavy atom. The van der Waals surface area contributed by atoms with E-state index in [0.29, 0.717) is 18.0 Å². The van der Waals surface area contributed by atoms with Gasteiger partial charge in [0, 0.05) is 12.1 Å². The molecule has 2 aliphatic rings. The number of benzene rings is 1. The Morgan fingerprint density at radius 3 is 2.85 bits per heavy atom. The molecular weight excluding hydrogens is 251 g/mol. The van der Waals surface area contributed by atoms with Gasteiger partial charge in [-0.1, -0.05) is 18.9 Å². The number of nitrogens with one attached hydrogen (secondary N) is 1. The van der Waals surface area contributed by atoms with Gasteiger partial charge in [0.15, 0.2) is 0 Å². The first kappa shape index (κ1) is 14.0. The Hall–Kier alpha value is -0.930. The van der Waals surface area contributed by atoms with Gasteiger partial charge < -0.3 is 11.1 Å². The van der Waals surface area contributed by atoms with Crippen LogP contribution in [-0.4, -0.2) is 18.6 Å². The van der Waals surface area contributed by atoms with Gasteiger partial charge in [0.25, 0.3) is 0 Å². The average Bonchev–Trinajstić information content (AvgIpc) is 2.46. The van der Waals surface area contributed by atoms with Crippen LogP contribution in [0.15, 0.2) is 18.2 Å². The van der Waals surface area contributed by atoms with Crippen molar-refractivity contribution in [2.45, 2.75) is 57.0 Å². The second-order valence-electron chi connectivity index (χ2n) is 6.47. The van der Waals surface area contributed by atoms with Crippen molar-refractivity contribution < 1.29 is 4.39 Å². The highest BCUT2D eigenvalue weighted by atomic mass is 19.1. The summed E-state index contributed by atoms with van der Waals surface area (Å²) >= 11 is 0. The molecule has 0 aromatic heterocycles. The SMILES string of the molecule is N[C@@H]1CCCC[C@H]1CNC1CCc2cc(F)ccc2C1. The highest BCUT2D eigenvalue weighted by molar-refractivity contribution is 5.31. The van der Waals surface area contributed by atoms with Crippen LogP contribution in [0.5, 0.6) is 0 Å². The van der Waals surface area contributed by atoms with Crippen LogP contribution < -0.4 is 11.1 Å². The Kier molecular flexibility index (Phi) is 4.37. The van der Waals surface area contributed by atoms with E-state index in [1.807, 2.05) is 6.07 Å². The molecular formula is C17H25FN2. The van der Waals surface area contributed by atoms with Crippen LogP contribution >= 0.6 is 0 Å². The largest absolute Gasteiger partial charge is 0.327 e. The lowest BCUT2D eigenvalue weighted by Gasteiger charge is -2.32. The smallest absolute Gasteiger partial charge is 0.123 e. The van der Waals surface area contributed by atoms with E-state index in [1.165, 1.54) is 36.8 Å². The normalized spacial score (nSPS) is 30.0. The summed E-state index contributed by atoms with van der Waals surface area (Å²) in [6.45, 7) is 1.04. The lowest BCUT2D eigenvalue weighted by atomic mass is 9.84. The number of halogens is 1. The first-order chi connectivity index (χ1) is 9.72. The maximum Gasteiger partial charge on any atom is 0.123 e. The fraction of sp³-hybridized carbons (Fsp3) is 0.647. The minimum atomic E-state index is -0.108. The van der Waals surface area contributed by atoms with Gasteiger partial charge in [0.05, 0.1) is 0 Å². The van der Waals surface area contributed by atoms with Crippen LogP contribution in [0.1, 0.15) is 43.2 Å². The first-order valence-electron chi connectivity index (χ1n) is 7.98. The van der Waals surface area contributed by atoms with Gasteiger partial charge in [-0.25, -0.2) is 4.39 Å². The Labute approximate surface area is 120 Å². The Bertz CT molecular complexity index is 460. The van der Waals surface area contributed by atoms with Gasteiger partial charge in [-0.2, -0.15) is 0 Å². The predicted octanol–water partition coefficient (Wildman–Crippen LogP) is 2.79. The number of hydrogen-bond donors (Lipinski definition) is 2. The van der Waals surface area contributed by atoms with Crippen molar-refractivity contribution in [2.24, 2.45) is 11.7 Å². The van der Waals surface area contributed by atoms with Crippen LogP contribution in [0.4, 0.5) is 4.39 Å². The second-order valence-corrected chi connectivity index (χ2v) is 6.47. The van der Waals surface area contributed by atoms with Crippen molar-refractivity contribution >= 4 is 0 Å². The first-order valence-corrected chi connectivity index (χ1v) is 7.98. The van der Waals surface area contributed by atoms with E-state index in [0.717, 1.165) is 25.8 Å². The fourth-order valence-corrected chi connectivity index (χ4v) is 3.71. The second kappa shape index (κ2) is 6.23. The molecule has 20 heavy (non-hydrogen) atoms. The van der Waals surface area contributed by atoms with Crippen molar-refractivity contribution in [1.82, 2.24) is 5.32 Å². The molecule has 3 heteroatoms. The molecule has 0 radical (unpaired) electrons. The molecule has 0 heterocycles. The summed E-state index contributed by atoms with van der Waals surface area (Å²) in [4.78, 5) is 0. The molecule has 3 N–H and O–H groups in total. The molecule has 2 nitrogen and oxygen atoms in total. The Balaban J connectivity index is 1.54. The summed E-state index contributed by atoms with van der Waals surface area (Å²) in [5.74, 6) is 0.529. The molecule has 1 aromatic carbocycles. The molecule has 1 fully saturated rings. The highest BCUT2D eigenvalue weighted by Gasteiger charge is 2.24. The van der Waals surface area contributed by atoms with Crippen LogP contribution in [0.25, 0.3) is 0 Å². The molecule has 3 atom stereocenters. The van der Waals surface area contributed by atoms with E-state index in [1.54, 1.807) is 12.1 Å². The molecule has 0 saturated heterocycles. The van der Waals surface area contributed by atoms with Crippen molar-refractivity contribution in [2.75, 3.05) is 6.54 Å². The molecule has 1 unspecified atom stereocenters. The molecule has 0 spiro atoms. The van der Waals surface area contributed by atoms with Gasteiger partial charge in [0.1, 0.15) is 5.82 Å². The number of nitrogens with two attached hydrogens (primary N) is 1. The lowest BCUT2D eigenvalue weighted by molar-refractivity contribution is 0.281. The average molecular weight is 276 g/mol. The summed E-state index contributed by atoms with van der Waals surface area (Å²) in [6.07, 6.45) is 8.19. The van der Waals surface area contributed by atoms with E-state index < -0.39 is 0 Å². The van der Waals surface area contributed by atoms with E-state index in [-0.39, 0.29) is 5.82 Å². The molecule has 0 bridgehead atoms. The van der Waals surface area contributed by atoms with E-state index in [2.05, 4.69) is 5.32 Å². The standard InChI is InChI=1S/C17H25FN2/c18-15-7-5-13-10-16(8-6-12(13)9-15)20-11-14-3-1-2-4-17(14)19/h5,7,9,14,16-17,20H,1-4,6,8,10-11,19H2/t14-,16?,17+/m0/s1. The molecule has 0 aliphatic heterocycles. The van der Waals surface area contributed by atoms with Crippen LogP contribution in [0.3, 0.4) is 0 Å². The molecule has 110 valence electrons. The summed E-state index contributed by atoms with van der Waals surface area (Å²) < 4.78 is 13.2. The van der Waals surface area contributed by atoms with Crippen molar-refractivity contribution in [1.29, 1.82) is 0 Å². The van der Waals surface area contributed by atoms with Crippen molar-refractivity contribution in [3.8, 4) is 0 Å². The van der Waals surface area contributed by atoms with E-state index in [4.69, 9.17) is 5.73 Å². The maximum absolute atomic E-state index is 13.2. The van der Waals surface area contributed by atoms with E-state index in [9.17, 15) is 4.39 Å². The van der Waals surface area contributed by atoms with E-state index >= 15 is 0 Å². The Morgan fingerprint density at radius 1 is 1.15 bits per heavy atom. The molecule has 1 saturated carbocycles. The number of aryl methyl sites for hydroxylation is 1. The third kappa shape index (κ3) is 3.21. The maximum atomic E-state index is 13.2. The van der Waals surface area contributed by atoms with Crippen LogP contribution in [-0.2, 0) is 12.8 Å². The molecule has 0 amide bonds. The third-order valence-electron chi connectivity index (χ3n) is 5.03. The highest BCUT2D eigenvalue weighted by Crippen LogP contribution is 2.25. The lowest BCUT2D eigenvalue weighted by Crippen LogP contribution is -2.44. The van der Waals surface area contributed by atoms with Crippen molar-refractivity contribution in [3.63, 3.8) is 0 Å². The number of rotatable bonds is 3. The van der Waals surface area contributed by atoms with Gasteiger partial charge in [-0.3, -0.25) is 0 Å². The summed E-state index contributed by atoms with van der Waals surface area (Å²) in [5.41, 5.74) is 8.71. The number of fused-ring (bicyclic) bond motifs is 1. The zero-order valence-electron chi connectivity index (χ0n) is 12.1. The summed E-state index contributed by atoms with van der Waals surface area (Å²) in [5, 5.41) is 3.70. The molecule has 3 rings (SSSR count). The molecule has 2 aliphatic carbocycles. The number of hydrogen-bond acceptors (Lipinski definition) is 2. The summed E-state index contributed by atoms with van der Waals surface area (Å²) in [7, 11) is 0. The van der Waals surface area contributed by atoms with Crippen LogP contribution in [0, 0.1) is 11.7 Å².